The lowest BCUT2D eigenvalue weighted by Crippen LogP contribution is -2.00. The third kappa shape index (κ3) is 1.48. The Morgan fingerprint density at radius 1 is 1.40 bits per heavy atom. The molecule has 0 saturated heterocycles. The van der Waals surface area contributed by atoms with Gasteiger partial charge in [0.25, 0.3) is 0 Å². The molecule has 1 aromatic heterocycles. The van der Waals surface area contributed by atoms with Crippen LogP contribution in [0.5, 0.6) is 0 Å². The van der Waals surface area contributed by atoms with Crippen LogP contribution in [0, 0.1) is 0 Å². The minimum atomic E-state index is 0.480. The quantitative estimate of drug-likeness (QED) is 0.815. The number of aromatic nitrogens is 2. The number of nitrogens with two attached hydrogens (primary N) is 1. The Hall–Kier alpha value is -1.51. The van der Waals surface area contributed by atoms with E-state index in [1.165, 1.54) is 5.56 Å². The van der Waals surface area contributed by atoms with Crippen molar-refractivity contribution in [3.8, 4) is 0 Å². The minimum Gasteiger partial charge on any atom is -0.369 e. The van der Waals surface area contributed by atoms with Gasteiger partial charge in [-0.15, -0.1) is 0 Å². The number of hydrogen-bond acceptors (Lipinski definition) is 2. The predicted molar refractivity (Wildman–Crippen MR) is 63.9 cm³/mol. The van der Waals surface area contributed by atoms with Gasteiger partial charge in [-0.2, -0.15) is 0 Å². The van der Waals surface area contributed by atoms with Gasteiger partial charge < -0.3 is 10.3 Å². The van der Waals surface area contributed by atoms with Crippen LogP contribution in [-0.4, -0.2) is 9.55 Å². The molecule has 0 aliphatic rings. The highest BCUT2D eigenvalue weighted by Crippen LogP contribution is 2.26. The molecule has 2 rings (SSSR count). The van der Waals surface area contributed by atoms with Crippen molar-refractivity contribution in [1.82, 2.24) is 9.55 Å². The summed E-state index contributed by atoms with van der Waals surface area (Å²) < 4.78 is 2.04. The summed E-state index contributed by atoms with van der Waals surface area (Å²) in [5.74, 6) is 1.09. The molecule has 80 valence electrons. The lowest BCUT2D eigenvalue weighted by Gasteiger charge is -2.06. The van der Waals surface area contributed by atoms with Crippen LogP contribution in [0.2, 0.25) is 0 Å². The van der Waals surface area contributed by atoms with E-state index >= 15 is 0 Å². The van der Waals surface area contributed by atoms with Crippen LogP contribution < -0.4 is 5.73 Å². The van der Waals surface area contributed by atoms with E-state index in [0.29, 0.717) is 11.9 Å². The van der Waals surface area contributed by atoms with Gasteiger partial charge in [-0.3, -0.25) is 0 Å². The molecule has 3 nitrogen and oxygen atoms in total. The molecule has 0 spiro atoms. The molecule has 15 heavy (non-hydrogen) atoms. The number of aryl methyl sites for hydroxylation is 1. The van der Waals surface area contributed by atoms with Crippen molar-refractivity contribution in [2.45, 2.75) is 33.2 Å². The van der Waals surface area contributed by atoms with Crippen molar-refractivity contribution in [2.24, 2.45) is 0 Å². The first kappa shape index (κ1) is 10.0. The number of nitrogen functional groups attached to an aromatic ring is 1. The molecule has 0 atom stereocenters. The Kier molecular flexibility index (Phi) is 2.39. The Bertz CT molecular complexity index is 483. The molecular formula is C12H17N3. The van der Waals surface area contributed by atoms with E-state index in [1.54, 1.807) is 0 Å². The molecule has 2 aromatic rings. The number of imidazole rings is 1. The Morgan fingerprint density at radius 2 is 2.13 bits per heavy atom. The molecule has 1 aromatic carbocycles. The molecular weight excluding hydrogens is 186 g/mol. The maximum absolute atomic E-state index is 5.88. The van der Waals surface area contributed by atoms with E-state index in [-0.39, 0.29) is 0 Å². The monoisotopic (exact) mass is 203 g/mol. The molecule has 0 fully saturated rings. The highest BCUT2D eigenvalue weighted by molar-refractivity contribution is 5.82. The summed E-state index contributed by atoms with van der Waals surface area (Å²) in [4.78, 5) is 4.45. The van der Waals surface area contributed by atoms with Crippen LogP contribution in [-0.2, 0) is 6.54 Å². The normalized spacial score (nSPS) is 11.5. The second-order valence-electron chi connectivity index (χ2n) is 4.08. The number of nitrogens with zero attached hydrogens (tertiary/aromatic N) is 2. The molecule has 0 unspecified atom stereocenters. The zero-order valence-corrected chi connectivity index (χ0v) is 9.49. The SMILES string of the molecule is CCn1c(N)nc2c(C(C)C)cccc21. The molecule has 0 amide bonds. The smallest absolute Gasteiger partial charge is 0.201 e. The molecule has 0 bridgehead atoms. The maximum atomic E-state index is 5.88. The maximum Gasteiger partial charge on any atom is 0.201 e. The first-order chi connectivity index (χ1) is 7.15. The fourth-order valence-corrected chi connectivity index (χ4v) is 1.98. The Labute approximate surface area is 89.9 Å². The number of anilines is 1. The van der Waals surface area contributed by atoms with Gasteiger partial charge in [0.2, 0.25) is 5.95 Å². The summed E-state index contributed by atoms with van der Waals surface area (Å²) in [6.07, 6.45) is 0. The van der Waals surface area contributed by atoms with Crippen LogP contribution in [0.1, 0.15) is 32.3 Å². The number of hydrogen-bond donors (Lipinski definition) is 1. The molecule has 2 N–H and O–H groups in total. The van der Waals surface area contributed by atoms with Crippen LogP contribution in [0.3, 0.4) is 0 Å². The molecule has 0 aliphatic carbocycles. The zero-order valence-electron chi connectivity index (χ0n) is 9.49. The number of para-hydroxylation sites is 1. The largest absolute Gasteiger partial charge is 0.369 e. The fraction of sp³-hybridized carbons (Fsp3) is 0.417. The highest BCUT2D eigenvalue weighted by atomic mass is 15.1. The van der Waals surface area contributed by atoms with Gasteiger partial charge in [-0.05, 0) is 24.5 Å². The van der Waals surface area contributed by atoms with E-state index < -0.39 is 0 Å². The molecule has 1 heterocycles. The lowest BCUT2D eigenvalue weighted by atomic mass is 10.0. The number of benzene rings is 1. The summed E-state index contributed by atoms with van der Waals surface area (Å²) >= 11 is 0. The fourth-order valence-electron chi connectivity index (χ4n) is 1.98. The highest BCUT2D eigenvalue weighted by Gasteiger charge is 2.11. The van der Waals surface area contributed by atoms with Gasteiger partial charge in [0.1, 0.15) is 0 Å². The Balaban J connectivity index is 2.77. The van der Waals surface area contributed by atoms with E-state index in [4.69, 9.17) is 5.73 Å². The van der Waals surface area contributed by atoms with Gasteiger partial charge in [0.05, 0.1) is 11.0 Å². The van der Waals surface area contributed by atoms with Gasteiger partial charge in [-0.1, -0.05) is 26.0 Å². The topological polar surface area (TPSA) is 43.8 Å². The summed E-state index contributed by atoms with van der Waals surface area (Å²) in [6, 6.07) is 6.28. The molecule has 3 heteroatoms. The summed E-state index contributed by atoms with van der Waals surface area (Å²) in [5, 5.41) is 0. The first-order valence-electron chi connectivity index (χ1n) is 5.39. The average Bonchev–Trinajstić information content (AvgIpc) is 2.52. The van der Waals surface area contributed by atoms with Crippen molar-refractivity contribution in [2.75, 3.05) is 5.73 Å². The van der Waals surface area contributed by atoms with E-state index in [2.05, 4.69) is 44.0 Å². The van der Waals surface area contributed by atoms with Crippen molar-refractivity contribution in [3.05, 3.63) is 23.8 Å². The zero-order chi connectivity index (χ0) is 11.0. The summed E-state index contributed by atoms with van der Waals surface area (Å²) in [7, 11) is 0. The number of fused-ring (bicyclic) bond motifs is 1. The molecule has 0 radical (unpaired) electrons. The van der Waals surface area contributed by atoms with Crippen molar-refractivity contribution in [1.29, 1.82) is 0 Å². The number of rotatable bonds is 2. The second kappa shape index (κ2) is 3.57. The first-order valence-corrected chi connectivity index (χ1v) is 5.39. The minimum absolute atomic E-state index is 0.480. The van der Waals surface area contributed by atoms with Gasteiger partial charge in [-0.25, -0.2) is 4.98 Å². The van der Waals surface area contributed by atoms with Gasteiger partial charge in [0.15, 0.2) is 0 Å². The third-order valence-corrected chi connectivity index (χ3v) is 2.78. The third-order valence-electron chi connectivity index (χ3n) is 2.78. The van der Waals surface area contributed by atoms with Crippen LogP contribution in [0.25, 0.3) is 11.0 Å². The lowest BCUT2D eigenvalue weighted by molar-refractivity contribution is 0.800. The van der Waals surface area contributed by atoms with E-state index in [1.807, 2.05) is 4.57 Å². The van der Waals surface area contributed by atoms with Crippen LogP contribution in [0.15, 0.2) is 18.2 Å². The molecule has 0 saturated carbocycles. The van der Waals surface area contributed by atoms with Gasteiger partial charge in [0, 0.05) is 6.54 Å². The van der Waals surface area contributed by atoms with Gasteiger partial charge >= 0.3 is 0 Å². The molecule has 0 aliphatic heterocycles. The summed E-state index contributed by atoms with van der Waals surface area (Å²) in [5.41, 5.74) is 9.34. The summed E-state index contributed by atoms with van der Waals surface area (Å²) in [6.45, 7) is 7.30. The van der Waals surface area contributed by atoms with Crippen molar-refractivity contribution >= 4 is 17.0 Å². The van der Waals surface area contributed by atoms with Crippen LogP contribution >= 0.6 is 0 Å². The van der Waals surface area contributed by atoms with Crippen LogP contribution in [0.4, 0.5) is 5.95 Å². The van der Waals surface area contributed by atoms with Crippen molar-refractivity contribution in [3.63, 3.8) is 0 Å². The van der Waals surface area contributed by atoms with E-state index in [9.17, 15) is 0 Å². The standard InChI is InChI=1S/C12H17N3/c1-4-15-10-7-5-6-9(8(2)3)11(10)14-12(15)13/h5-8H,4H2,1-3H3,(H2,13,14). The van der Waals surface area contributed by atoms with Crippen molar-refractivity contribution < 1.29 is 0 Å². The Morgan fingerprint density at radius 3 is 2.73 bits per heavy atom. The predicted octanol–water partition coefficient (Wildman–Crippen LogP) is 2.76. The second-order valence-corrected chi connectivity index (χ2v) is 4.08. The average molecular weight is 203 g/mol. The van der Waals surface area contributed by atoms with E-state index in [0.717, 1.165) is 17.6 Å².